The lowest BCUT2D eigenvalue weighted by Crippen LogP contribution is -3.12. The monoisotopic (exact) mass is 491 g/mol. The van der Waals surface area contributed by atoms with Crippen LogP contribution in [0.4, 0.5) is 15.8 Å². The average Bonchev–Trinajstić information content (AvgIpc) is 3.00. The van der Waals surface area contributed by atoms with Gasteiger partial charge >= 0.3 is 0 Å². The molecule has 2 aromatic rings. The van der Waals surface area contributed by atoms with Crippen LogP contribution in [0.15, 0.2) is 47.1 Å². The highest BCUT2D eigenvalue weighted by Gasteiger charge is 2.39. The summed E-state index contributed by atoms with van der Waals surface area (Å²) in [5.41, 5.74) is 1.68. The SMILES string of the molecule is Cc1ccc(C(=O)N2CC[NH+](C)CC2)cc1NC1=C(Cl)C(=O)N(c2ccc(F)c(Cl)c2)C1=O. The van der Waals surface area contributed by atoms with Gasteiger partial charge in [0.2, 0.25) is 0 Å². The van der Waals surface area contributed by atoms with E-state index in [9.17, 15) is 18.8 Å². The quantitative estimate of drug-likeness (QED) is 0.643. The number of hydrogen-bond donors (Lipinski definition) is 2. The van der Waals surface area contributed by atoms with Gasteiger partial charge in [-0.25, -0.2) is 9.29 Å². The number of piperazine rings is 1. The Morgan fingerprint density at radius 2 is 1.76 bits per heavy atom. The summed E-state index contributed by atoms with van der Waals surface area (Å²) >= 11 is 12.0. The van der Waals surface area contributed by atoms with Gasteiger partial charge in [0, 0.05) is 11.3 Å². The third kappa shape index (κ3) is 4.46. The van der Waals surface area contributed by atoms with Crippen molar-refractivity contribution in [3.8, 4) is 0 Å². The maximum atomic E-state index is 13.5. The van der Waals surface area contributed by atoms with Crippen LogP contribution in [0, 0.1) is 12.7 Å². The maximum absolute atomic E-state index is 13.5. The van der Waals surface area contributed by atoms with Crippen molar-refractivity contribution in [2.45, 2.75) is 6.92 Å². The van der Waals surface area contributed by atoms with Crippen LogP contribution in [-0.4, -0.2) is 55.8 Å². The Kier molecular flexibility index (Phi) is 6.43. The largest absolute Gasteiger partial charge is 0.349 e. The van der Waals surface area contributed by atoms with E-state index < -0.39 is 17.6 Å². The highest BCUT2D eigenvalue weighted by molar-refractivity contribution is 6.53. The van der Waals surface area contributed by atoms with Gasteiger partial charge in [0.05, 0.1) is 43.9 Å². The van der Waals surface area contributed by atoms with E-state index in [1.807, 2.05) is 6.92 Å². The molecule has 0 radical (unpaired) electrons. The van der Waals surface area contributed by atoms with Gasteiger partial charge in [-0.3, -0.25) is 14.4 Å². The summed E-state index contributed by atoms with van der Waals surface area (Å²) in [7, 11) is 2.09. The van der Waals surface area contributed by atoms with Crippen molar-refractivity contribution >= 4 is 52.3 Å². The third-order valence-electron chi connectivity index (χ3n) is 5.84. The Morgan fingerprint density at radius 1 is 1.06 bits per heavy atom. The number of quaternary nitrogens is 1. The zero-order valence-electron chi connectivity index (χ0n) is 18.0. The fraction of sp³-hybridized carbons (Fsp3) is 0.261. The number of likely N-dealkylation sites (N-methyl/N-ethyl adjacent to an activating group) is 1. The summed E-state index contributed by atoms with van der Waals surface area (Å²) in [5.74, 6) is -2.22. The van der Waals surface area contributed by atoms with E-state index in [0.29, 0.717) is 24.3 Å². The van der Waals surface area contributed by atoms with E-state index in [2.05, 4.69) is 12.4 Å². The molecule has 172 valence electrons. The minimum Gasteiger partial charge on any atom is -0.349 e. The summed E-state index contributed by atoms with van der Waals surface area (Å²) in [5, 5.41) is 2.39. The molecule has 0 aromatic heterocycles. The molecule has 1 fully saturated rings. The van der Waals surface area contributed by atoms with Gasteiger partial charge in [0.25, 0.3) is 17.7 Å². The molecular formula is C23H22Cl2FN4O3+. The Morgan fingerprint density at radius 3 is 2.42 bits per heavy atom. The number of halogens is 3. The second kappa shape index (κ2) is 9.13. The van der Waals surface area contributed by atoms with Crippen LogP contribution in [-0.2, 0) is 9.59 Å². The van der Waals surface area contributed by atoms with Gasteiger partial charge in [-0.2, -0.15) is 0 Å². The van der Waals surface area contributed by atoms with Crippen LogP contribution in [0.1, 0.15) is 15.9 Å². The molecule has 0 unspecified atom stereocenters. The number of carbonyl (C=O) groups is 3. The predicted octanol–water partition coefficient (Wildman–Crippen LogP) is 2.19. The lowest BCUT2D eigenvalue weighted by Gasteiger charge is -2.30. The van der Waals surface area contributed by atoms with E-state index in [1.165, 1.54) is 17.0 Å². The molecule has 7 nitrogen and oxygen atoms in total. The second-order valence-corrected chi connectivity index (χ2v) is 8.92. The first-order chi connectivity index (χ1) is 15.7. The minimum atomic E-state index is -0.753. The molecule has 2 aliphatic heterocycles. The molecule has 0 aliphatic carbocycles. The maximum Gasteiger partial charge on any atom is 0.283 e. The topological polar surface area (TPSA) is 74.2 Å². The third-order valence-corrected chi connectivity index (χ3v) is 6.48. The van der Waals surface area contributed by atoms with Gasteiger partial charge in [-0.15, -0.1) is 0 Å². The van der Waals surface area contributed by atoms with Crippen molar-refractivity contribution in [2.24, 2.45) is 0 Å². The van der Waals surface area contributed by atoms with Crippen molar-refractivity contribution < 1.29 is 23.7 Å². The molecule has 0 bridgehead atoms. The Hall–Kier alpha value is -2.94. The van der Waals surface area contributed by atoms with Gasteiger partial charge in [-0.1, -0.05) is 29.3 Å². The smallest absolute Gasteiger partial charge is 0.283 e. The van der Waals surface area contributed by atoms with E-state index >= 15 is 0 Å². The van der Waals surface area contributed by atoms with Gasteiger partial charge in [0.1, 0.15) is 16.5 Å². The fourth-order valence-corrected chi connectivity index (χ4v) is 4.16. The number of hydrogen-bond acceptors (Lipinski definition) is 4. The highest BCUT2D eigenvalue weighted by Crippen LogP contribution is 2.33. The molecule has 0 saturated carbocycles. The summed E-state index contributed by atoms with van der Waals surface area (Å²) in [6.07, 6.45) is 0. The van der Waals surface area contributed by atoms with Crippen molar-refractivity contribution in [3.63, 3.8) is 0 Å². The lowest BCUT2D eigenvalue weighted by molar-refractivity contribution is -0.883. The first-order valence-corrected chi connectivity index (χ1v) is 11.1. The number of benzene rings is 2. The van der Waals surface area contributed by atoms with Gasteiger partial charge < -0.3 is 15.1 Å². The first-order valence-electron chi connectivity index (χ1n) is 10.4. The first kappa shape index (κ1) is 23.2. The number of aryl methyl sites for hydroxylation is 1. The molecule has 0 spiro atoms. The zero-order chi connectivity index (χ0) is 23.9. The Balaban J connectivity index is 1.58. The standard InChI is InChI=1S/C23H21Cl2FN4O3/c1-13-3-4-14(21(31)29-9-7-28(2)8-10-29)11-18(13)27-20-19(25)22(32)30(23(20)33)15-5-6-17(26)16(24)12-15/h3-6,11-12,27H,7-10H2,1-2H3/p+1. The summed E-state index contributed by atoms with van der Waals surface area (Å²) in [4.78, 5) is 42.7. The Labute approximate surface area is 200 Å². The van der Waals surface area contributed by atoms with E-state index in [4.69, 9.17) is 23.2 Å². The number of carbonyl (C=O) groups excluding carboxylic acids is 3. The normalized spacial score (nSPS) is 17.2. The van der Waals surface area contributed by atoms with Crippen LogP contribution in [0.5, 0.6) is 0 Å². The zero-order valence-corrected chi connectivity index (χ0v) is 19.6. The van der Waals surface area contributed by atoms with Crippen LogP contribution in [0.25, 0.3) is 0 Å². The second-order valence-electron chi connectivity index (χ2n) is 8.14. The molecule has 10 heteroatoms. The van der Waals surface area contributed by atoms with Crippen molar-refractivity contribution in [2.75, 3.05) is 43.4 Å². The van der Waals surface area contributed by atoms with Crippen LogP contribution >= 0.6 is 23.2 Å². The number of nitrogens with one attached hydrogen (secondary N) is 2. The summed E-state index contributed by atoms with van der Waals surface area (Å²) in [6, 6.07) is 8.67. The van der Waals surface area contributed by atoms with Crippen molar-refractivity contribution in [1.82, 2.24) is 4.90 Å². The molecule has 33 heavy (non-hydrogen) atoms. The minimum absolute atomic E-state index is 0.0953. The molecule has 0 atom stereocenters. The molecular weight excluding hydrogens is 470 g/mol. The van der Waals surface area contributed by atoms with E-state index in [0.717, 1.165) is 29.6 Å². The molecule has 3 amide bonds. The molecule has 2 N–H and O–H groups in total. The molecule has 2 aliphatic rings. The predicted molar refractivity (Wildman–Crippen MR) is 124 cm³/mol. The molecule has 2 heterocycles. The van der Waals surface area contributed by atoms with Crippen LogP contribution < -0.4 is 15.1 Å². The molecule has 2 aromatic carbocycles. The van der Waals surface area contributed by atoms with E-state index in [1.54, 1.807) is 23.1 Å². The lowest BCUT2D eigenvalue weighted by atomic mass is 10.1. The number of rotatable bonds is 4. The summed E-state index contributed by atoms with van der Waals surface area (Å²) < 4.78 is 13.5. The number of imide groups is 1. The van der Waals surface area contributed by atoms with Crippen molar-refractivity contribution in [1.29, 1.82) is 0 Å². The number of amides is 3. The average molecular weight is 492 g/mol. The number of anilines is 2. The van der Waals surface area contributed by atoms with Crippen molar-refractivity contribution in [3.05, 3.63) is 69.1 Å². The van der Waals surface area contributed by atoms with Crippen LogP contribution in [0.2, 0.25) is 5.02 Å². The summed E-state index contributed by atoms with van der Waals surface area (Å²) in [6.45, 7) is 4.90. The molecule has 1 saturated heterocycles. The Bertz CT molecular complexity index is 1190. The van der Waals surface area contributed by atoms with Crippen LogP contribution in [0.3, 0.4) is 0 Å². The highest BCUT2D eigenvalue weighted by atomic mass is 35.5. The van der Waals surface area contributed by atoms with Gasteiger partial charge in [-0.05, 0) is 42.8 Å². The van der Waals surface area contributed by atoms with Gasteiger partial charge in [0.15, 0.2) is 0 Å². The van der Waals surface area contributed by atoms with E-state index in [-0.39, 0.29) is 27.3 Å². The fourth-order valence-electron chi connectivity index (χ4n) is 3.77. The molecule has 4 rings (SSSR count). The number of nitrogens with zero attached hydrogens (tertiary/aromatic N) is 2.